The second-order valence-corrected chi connectivity index (χ2v) is 5.13. The Hall–Kier alpha value is -1.52. The lowest BCUT2D eigenvalue weighted by Crippen LogP contribution is -2.25. The molecule has 1 fully saturated rings. The van der Waals surface area contributed by atoms with Gasteiger partial charge >= 0.3 is 0 Å². The first kappa shape index (κ1) is 13.9. The van der Waals surface area contributed by atoms with Crippen LogP contribution in [-0.2, 0) is 0 Å². The molecule has 5 heteroatoms. The van der Waals surface area contributed by atoms with E-state index in [1.807, 2.05) is 0 Å². The summed E-state index contributed by atoms with van der Waals surface area (Å²) < 4.78 is 10.3. The average Bonchev–Trinajstić information content (AvgIpc) is 2.79. The monoisotopic (exact) mass is 265 g/mol. The van der Waals surface area contributed by atoms with Gasteiger partial charge in [-0.05, 0) is 24.7 Å². The molecule has 1 N–H and O–H groups in total. The highest BCUT2D eigenvalue weighted by Crippen LogP contribution is 2.35. The van der Waals surface area contributed by atoms with Crippen LogP contribution in [0.25, 0.3) is 0 Å². The number of nitrogens with one attached hydrogen (secondary N) is 1. The summed E-state index contributed by atoms with van der Waals surface area (Å²) in [7, 11) is 3.19. The van der Waals surface area contributed by atoms with Gasteiger partial charge in [-0.15, -0.1) is 0 Å². The molecule has 3 unspecified atom stereocenters. The van der Waals surface area contributed by atoms with E-state index in [0.29, 0.717) is 29.7 Å². The van der Waals surface area contributed by atoms with Crippen molar-refractivity contribution in [2.45, 2.75) is 39.2 Å². The van der Waals surface area contributed by atoms with E-state index in [-0.39, 0.29) is 0 Å². The number of hydrogen-bond donors (Lipinski definition) is 1. The highest BCUT2D eigenvalue weighted by atomic mass is 16.5. The average molecular weight is 265 g/mol. The second kappa shape index (κ2) is 6.08. The Balaban J connectivity index is 2.10. The van der Waals surface area contributed by atoms with Crippen molar-refractivity contribution in [3.8, 4) is 11.8 Å². The van der Waals surface area contributed by atoms with E-state index in [0.717, 1.165) is 5.92 Å². The number of methoxy groups -OCH3 is 2. The molecule has 5 nitrogen and oxygen atoms in total. The summed E-state index contributed by atoms with van der Waals surface area (Å²) in [6.07, 6.45) is 3.68. The highest BCUT2D eigenvalue weighted by molar-refractivity contribution is 5.35. The van der Waals surface area contributed by atoms with Gasteiger partial charge in [0.25, 0.3) is 0 Å². The minimum Gasteiger partial charge on any atom is -0.481 e. The summed E-state index contributed by atoms with van der Waals surface area (Å²) >= 11 is 0. The van der Waals surface area contributed by atoms with Crippen molar-refractivity contribution in [3.05, 3.63) is 6.07 Å². The minimum atomic E-state index is 0.432. The van der Waals surface area contributed by atoms with Crippen molar-refractivity contribution in [1.82, 2.24) is 9.97 Å². The molecule has 1 aliphatic carbocycles. The molecule has 1 aromatic heterocycles. The topological polar surface area (TPSA) is 56.3 Å². The zero-order valence-corrected chi connectivity index (χ0v) is 12.1. The third-order valence-corrected chi connectivity index (χ3v) is 4.16. The molecule has 0 saturated heterocycles. The summed E-state index contributed by atoms with van der Waals surface area (Å²) in [6, 6.07) is 2.11. The smallest absolute Gasteiger partial charge is 0.229 e. The van der Waals surface area contributed by atoms with Gasteiger partial charge in [0, 0.05) is 6.04 Å². The largest absolute Gasteiger partial charge is 0.481 e. The Labute approximate surface area is 114 Å². The normalized spacial score (nSPS) is 26.2. The van der Waals surface area contributed by atoms with Gasteiger partial charge in [-0.1, -0.05) is 20.3 Å². The van der Waals surface area contributed by atoms with Gasteiger partial charge in [0.2, 0.25) is 17.7 Å². The maximum atomic E-state index is 5.16. The zero-order valence-electron chi connectivity index (χ0n) is 12.1. The van der Waals surface area contributed by atoms with Crippen LogP contribution < -0.4 is 14.8 Å². The first-order valence-corrected chi connectivity index (χ1v) is 6.91. The van der Waals surface area contributed by atoms with Crippen molar-refractivity contribution in [1.29, 1.82) is 0 Å². The molecule has 0 amide bonds. The Morgan fingerprint density at radius 2 is 1.84 bits per heavy atom. The van der Waals surface area contributed by atoms with Crippen LogP contribution in [0, 0.1) is 11.8 Å². The van der Waals surface area contributed by atoms with Crippen LogP contribution in [0.2, 0.25) is 0 Å². The van der Waals surface area contributed by atoms with E-state index in [1.54, 1.807) is 20.3 Å². The number of rotatable bonds is 5. The lowest BCUT2D eigenvalue weighted by molar-refractivity contribution is 0.370. The third kappa shape index (κ3) is 3.08. The van der Waals surface area contributed by atoms with Crippen LogP contribution >= 0.6 is 0 Å². The highest BCUT2D eigenvalue weighted by Gasteiger charge is 2.31. The number of aromatic nitrogens is 2. The molecule has 106 valence electrons. The summed E-state index contributed by atoms with van der Waals surface area (Å²) in [6.45, 7) is 4.56. The van der Waals surface area contributed by atoms with E-state index >= 15 is 0 Å². The van der Waals surface area contributed by atoms with Crippen molar-refractivity contribution in [2.24, 2.45) is 11.8 Å². The lowest BCUT2D eigenvalue weighted by Gasteiger charge is -2.21. The minimum absolute atomic E-state index is 0.432. The van der Waals surface area contributed by atoms with Crippen molar-refractivity contribution >= 4 is 5.95 Å². The molecule has 1 aliphatic rings. The summed E-state index contributed by atoms with van der Waals surface area (Å²) in [5, 5.41) is 3.42. The molecule has 0 radical (unpaired) electrons. The van der Waals surface area contributed by atoms with E-state index in [9.17, 15) is 0 Å². The summed E-state index contributed by atoms with van der Waals surface area (Å²) in [5.41, 5.74) is 0. The molecular formula is C14H23N3O2. The molecule has 19 heavy (non-hydrogen) atoms. The van der Waals surface area contributed by atoms with Gasteiger partial charge in [0.1, 0.15) is 0 Å². The van der Waals surface area contributed by atoms with Crippen LogP contribution in [-0.4, -0.2) is 30.2 Å². The van der Waals surface area contributed by atoms with Crippen LogP contribution in [0.3, 0.4) is 0 Å². The van der Waals surface area contributed by atoms with Crippen molar-refractivity contribution < 1.29 is 9.47 Å². The van der Waals surface area contributed by atoms with E-state index in [4.69, 9.17) is 9.47 Å². The van der Waals surface area contributed by atoms with Gasteiger partial charge in [-0.2, -0.15) is 9.97 Å². The summed E-state index contributed by atoms with van der Waals surface area (Å²) in [4.78, 5) is 8.65. The predicted molar refractivity (Wildman–Crippen MR) is 74.7 cm³/mol. The second-order valence-electron chi connectivity index (χ2n) is 5.13. The van der Waals surface area contributed by atoms with Gasteiger partial charge in [0.05, 0.1) is 20.3 Å². The zero-order chi connectivity index (χ0) is 13.8. The van der Waals surface area contributed by atoms with Crippen LogP contribution in [0.1, 0.15) is 33.1 Å². The molecule has 0 aromatic carbocycles. The number of hydrogen-bond acceptors (Lipinski definition) is 5. The Bertz CT molecular complexity index is 403. The van der Waals surface area contributed by atoms with E-state index in [2.05, 4.69) is 29.1 Å². The van der Waals surface area contributed by atoms with Crippen molar-refractivity contribution in [2.75, 3.05) is 19.5 Å². The van der Waals surface area contributed by atoms with Gasteiger partial charge in [-0.25, -0.2) is 0 Å². The Kier molecular flexibility index (Phi) is 4.45. The first-order chi connectivity index (χ1) is 9.17. The first-order valence-electron chi connectivity index (χ1n) is 6.91. The van der Waals surface area contributed by atoms with Gasteiger partial charge < -0.3 is 14.8 Å². The number of anilines is 1. The molecule has 0 spiro atoms. The SMILES string of the molecule is CCC1CCC(Nc2nc(OC)cc(OC)n2)C1C. The molecule has 1 saturated carbocycles. The molecule has 1 aromatic rings. The maximum Gasteiger partial charge on any atom is 0.229 e. The van der Waals surface area contributed by atoms with Crippen molar-refractivity contribution in [3.63, 3.8) is 0 Å². The maximum absolute atomic E-state index is 5.16. The molecular weight excluding hydrogens is 242 g/mol. The molecule has 0 aliphatic heterocycles. The molecule has 0 bridgehead atoms. The predicted octanol–water partition coefficient (Wildman–Crippen LogP) is 2.73. The molecule has 3 atom stereocenters. The van der Waals surface area contributed by atoms with Gasteiger partial charge in [-0.3, -0.25) is 0 Å². The third-order valence-electron chi connectivity index (χ3n) is 4.16. The van der Waals surface area contributed by atoms with Gasteiger partial charge in [0.15, 0.2) is 0 Å². The van der Waals surface area contributed by atoms with Crippen LogP contribution in [0.4, 0.5) is 5.95 Å². The Morgan fingerprint density at radius 1 is 1.21 bits per heavy atom. The summed E-state index contributed by atoms with van der Waals surface area (Å²) in [5.74, 6) is 3.07. The van der Waals surface area contributed by atoms with E-state index < -0.39 is 0 Å². The van der Waals surface area contributed by atoms with Crippen LogP contribution in [0.5, 0.6) is 11.8 Å². The fourth-order valence-corrected chi connectivity index (χ4v) is 2.87. The fraction of sp³-hybridized carbons (Fsp3) is 0.714. The lowest BCUT2D eigenvalue weighted by atomic mass is 9.94. The Morgan fingerprint density at radius 3 is 2.32 bits per heavy atom. The molecule has 2 rings (SSSR count). The number of nitrogens with zero attached hydrogens (tertiary/aromatic N) is 2. The quantitative estimate of drug-likeness (QED) is 0.887. The number of ether oxygens (including phenoxy) is 2. The van der Waals surface area contributed by atoms with E-state index in [1.165, 1.54) is 19.3 Å². The van der Waals surface area contributed by atoms with Crippen LogP contribution in [0.15, 0.2) is 6.07 Å². The fourth-order valence-electron chi connectivity index (χ4n) is 2.87. The molecule has 1 heterocycles. The standard InChI is InChI=1S/C14H23N3O2/c1-5-10-6-7-11(9(10)2)15-14-16-12(18-3)8-13(17-14)19-4/h8-11H,5-7H2,1-4H3,(H,15,16,17).